The van der Waals surface area contributed by atoms with Gasteiger partial charge in [0, 0.05) is 17.5 Å². The Morgan fingerprint density at radius 1 is 1.24 bits per heavy atom. The first kappa shape index (κ1) is 19.4. The lowest BCUT2D eigenvalue weighted by atomic mass is 9.88. The highest BCUT2D eigenvalue weighted by Gasteiger charge is 2.23. The molecular formula is C20H22BrFN2O. The van der Waals surface area contributed by atoms with Crippen LogP contribution in [0.1, 0.15) is 23.1 Å². The van der Waals surface area contributed by atoms with Gasteiger partial charge in [0.2, 0.25) is 0 Å². The van der Waals surface area contributed by atoms with E-state index in [1.165, 1.54) is 12.1 Å². The van der Waals surface area contributed by atoms with Crippen molar-refractivity contribution in [2.45, 2.75) is 19.3 Å². The van der Waals surface area contributed by atoms with E-state index in [1.807, 2.05) is 20.2 Å². The van der Waals surface area contributed by atoms with Crippen molar-refractivity contribution >= 4 is 17.0 Å². The van der Waals surface area contributed by atoms with Crippen molar-refractivity contribution in [1.82, 2.24) is 4.90 Å². The molecule has 1 aliphatic rings. The van der Waals surface area contributed by atoms with Crippen molar-refractivity contribution < 1.29 is 9.13 Å². The lowest BCUT2D eigenvalue weighted by Crippen LogP contribution is -2.13. The van der Waals surface area contributed by atoms with Crippen molar-refractivity contribution in [3.05, 3.63) is 52.8 Å². The number of aryl methyl sites for hydroxylation is 1. The summed E-state index contributed by atoms with van der Waals surface area (Å²) in [5.74, 6) is 0.598. The lowest BCUT2D eigenvalue weighted by Gasteiger charge is -2.15. The van der Waals surface area contributed by atoms with E-state index in [9.17, 15) is 9.65 Å². The van der Waals surface area contributed by atoms with E-state index in [-0.39, 0.29) is 22.8 Å². The fraction of sp³-hybridized carbons (Fsp3) is 0.350. The van der Waals surface area contributed by atoms with Crippen LogP contribution in [0, 0.1) is 17.1 Å². The smallest absolute Gasteiger partial charge is 0.123 e. The van der Waals surface area contributed by atoms with Crippen molar-refractivity contribution in [3.8, 4) is 22.9 Å². The maximum Gasteiger partial charge on any atom is 0.123 e. The highest BCUT2D eigenvalue weighted by Crippen LogP contribution is 2.39. The second kappa shape index (κ2) is 8.46. The van der Waals surface area contributed by atoms with E-state index >= 15 is 0 Å². The summed E-state index contributed by atoms with van der Waals surface area (Å²) in [6.45, 7) is 1.60. The molecule has 0 saturated carbocycles. The molecule has 3 rings (SSSR count). The molecule has 0 radical (unpaired) electrons. The van der Waals surface area contributed by atoms with Crippen LogP contribution in [0.4, 0.5) is 4.39 Å². The molecule has 0 atom stereocenters. The van der Waals surface area contributed by atoms with Crippen molar-refractivity contribution in [2.75, 3.05) is 27.2 Å². The Balaban J connectivity index is 0.00000225. The summed E-state index contributed by atoms with van der Waals surface area (Å²) in [7, 11) is 4.09. The number of benzene rings is 2. The van der Waals surface area contributed by atoms with Gasteiger partial charge in [0.05, 0.1) is 12.2 Å². The molecule has 0 bridgehead atoms. The zero-order valence-corrected chi connectivity index (χ0v) is 16.2. The molecule has 3 nitrogen and oxygen atoms in total. The molecule has 1 aliphatic heterocycles. The maximum atomic E-state index is 13.3. The maximum absolute atomic E-state index is 13.3. The van der Waals surface area contributed by atoms with Crippen LogP contribution in [-0.2, 0) is 12.8 Å². The Bertz CT molecular complexity index is 782. The number of nitriles is 1. The lowest BCUT2D eigenvalue weighted by molar-refractivity contribution is 0.356. The van der Waals surface area contributed by atoms with Crippen LogP contribution in [0.2, 0.25) is 0 Å². The molecule has 0 fully saturated rings. The standard InChI is InChI=1S/C20H21FN2O.BrH/c1-23(2)10-3-4-15-12-19-17(9-11-24-19)20(18(15)13-22)14-5-7-16(21)8-6-14;/h5-8,12H,3-4,9-11H2,1-2H3;1H. The monoisotopic (exact) mass is 404 g/mol. The Hall–Kier alpha value is -1.90. The van der Waals surface area contributed by atoms with Gasteiger partial charge in [-0.25, -0.2) is 4.39 Å². The highest BCUT2D eigenvalue weighted by atomic mass is 79.9. The predicted molar refractivity (Wildman–Crippen MR) is 103 cm³/mol. The fourth-order valence-corrected chi connectivity index (χ4v) is 3.24. The van der Waals surface area contributed by atoms with Gasteiger partial charge in [0.1, 0.15) is 17.6 Å². The largest absolute Gasteiger partial charge is 0.493 e. The first-order valence-electron chi connectivity index (χ1n) is 8.22. The van der Waals surface area contributed by atoms with E-state index in [2.05, 4.69) is 11.0 Å². The van der Waals surface area contributed by atoms with Gasteiger partial charge in [0.25, 0.3) is 0 Å². The molecule has 2 aromatic rings. The second-order valence-corrected chi connectivity index (χ2v) is 6.39. The molecule has 0 amide bonds. The first-order chi connectivity index (χ1) is 11.6. The van der Waals surface area contributed by atoms with E-state index in [1.54, 1.807) is 12.1 Å². The third kappa shape index (κ3) is 4.20. The number of rotatable bonds is 5. The molecule has 0 aliphatic carbocycles. The molecule has 0 spiro atoms. The Morgan fingerprint density at radius 3 is 2.60 bits per heavy atom. The minimum Gasteiger partial charge on any atom is -0.493 e. The minimum absolute atomic E-state index is 0. The Kier molecular flexibility index (Phi) is 6.57. The normalized spacial score (nSPS) is 12.3. The van der Waals surface area contributed by atoms with Crippen LogP contribution in [0.5, 0.6) is 5.75 Å². The number of fused-ring (bicyclic) bond motifs is 1. The van der Waals surface area contributed by atoms with Crippen LogP contribution < -0.4 is 4.74 Å². The van der Waals surface area contributed by atoms with Crippen LogP contribution in [0.25, 0.3) is 11.1 Å². The summed E-state index contributed by atoms with van der Waals surface area (Å²) in [5, 5.41) is 9.78. The van der Waals surface area contributed by atoms with E-state index in [0.717, 1.165) is 53.8 Å². The van der Waals surface area contributed by atoms with Gasteiger partial charge in [-0.15, -0.1) is 17.0 Å². The van der Waals surface area contributed by atoms with Crippen molar-refractivity contribution in [3.63, 3.8) is 0 Å². The Labute approximate surface area is 158 Å². The predicted octanol–water partition coefficient (Wildman–Crippen LogP) is 4.37. The van der Waals surface area contributed by atoms with Crippen molar-refractivity contribution in [2.24, 2.45) is 0 Å². The molecule has 0 N–H and O–H groups in total. The average molecular weight is 405 g/mol. The summed E-state index contributed by atoms with van der Waals surface area (Å²) in [4.78, 5) is 2.14. The topological polar surface area (TPSA) is 36.3 Å². The second-order valence-electron chi connectivity index (χ2n) is 6.39. The van der Waals surface area contributed by atoms with Gasteiger partial charge in [0.15, 0.2) is 0 Å². The SMILES string of the molecule is Br.CN(C)CCCc1cc2c(c(-c3ccc(F)cc3)c1C#N)CCO2. The molecular weight excluding hydrogens is 383 g/mol. The van der Waals surface area contributed by atoms with Crippen LogP contribution in [0.3, 0.4) is 0 Å². The van der Waals surface area contributed by atoms with E-state index in [4.69, 9.17) is 4.74 Å². The molecule has 0 aromatic heterocycles. The summed E-state index contributed by atoms with van der Waals surface area (Å²) in [6, 6.07) is 10.8. The summed E-state index contributed by atoms with van der Waals surface area (Å²) in [5.41, 5.74) is 4.56. The first-order valence-corrected chi connectivity index (χ1v) is 8.22. The molecule has 2 aromatic carbocycles. The molecule has 0 unspecified atom stereocenters. The number of ether oxygens (including phenoxy) is 1. The van der Waals surface area contributed by atoms with Crippen LogP contribution in [-0.4, -0.2) is 32.1 Å². The number of nitrogens with zero attached hydrogens (tertiary/aromatic N) is 2. The third-order valence-corrected chi connectivity index (χ3v) is 4.38. The zero-order valence-electron chi connectivity index (χ0n) is 14.5. The average Bonchev–Trinajstić information content (AvgIpc) is 3.02. The molecule has 0 saturated heterocycles. The molecule has 25 heavy (non-hydrogen) atoms. The van der Waals surface area contributed by atoms with E-state index < -0.39 is 0 Å². The van der Waals surface area contributed by atoms with Gasteiger partial charge in [-0.05, 0) is 62.8 Å². The molecule has 5 heteroatoms. The minimum atomic E-state index is -0.271. The molecule has 1 heterocycles. The van der Waals surface area contributed by atoms with Gasteiger partial charge < -0.3 is 9.64 Å². The van der Waals surface area contributed by atoms with Gasteiger partial charge in [-0.1, -0.05) is 12.1 Å². The Morgan fingerprint density at radius 2 is 1.96 bits per heavy atom. The third-order valence-electron chi connectivity index (χ3n) is 4.38. The number of halogens is 2. The van der Waals surface area contributed by atoms with Gasteiger partial charge in [-0.2, -0.15) is 5.26 Å². The number of hydrogen-bond acceptors (Lipinski definition) is 3. The van der Waals surface area contributed by atoms with E-state index in [0.29, 0.717) is 12.2 Å². The van der Waals surface area contributed by atoms with Gasteiger partial charge in [-0.3, -0.25) is 0 Å². The van der Waals surface area contributed by atoms with Gasteiger partial charge >= 0.3 is 0 Å². The van der Waals surface area contributed by atoms with Crippen molar-refractivity contribution in [1.29, 1.82) is 5.26 Å². The van der Waals surface area contributed by atoms with Crippen LogP contribution >= 0.6 is 17.0 Å². The summed E-state index contributed by atoms with van der Waals surface area (Å²) < 4.78 is 19.0. The summed E-state index contributed by atoms with van der Waals surface area (Å²) in [6.07, 6.45) is 2.59. The van der Waals surface area contributed by atoms with Crippen LogP contribution in [0.15, 0.2) is 30.3 Å². The quantitative estimate of drug-likeness (QED) is 0.741. The summed E-state index contributed by atoms with van der Waals surface area (Å²) >= 11 is 0. The number of hydrogen-bond donors (Lipinski definition) is 0. The fourth-order valence-electron chi connectivity index (χ4n) is 3.24. The molecule has 132 valence electrons. The highest BCUT2D eigenvalue weighted by molar-refractivity contribution is 8.93. The zero-order chi connectivity index (χ0) is 17.1.